The fraction of sp³-hybridized carbons (Fsp3) is 0.588. The molecule has 1 aliphatic rings. The summed E-state index contributed by atoms with van der Waals surface area (Å²) < 4.78 is 10.8. The maximum absolute atomic E-state index is 5.41. The Labute approximate surface area is 143 Å². The number of thioether (sulfide) groups is 1. The predicted octanol–water partition coefficient (Wildman–Crippen LogP) is 2.31. The number of furan rings is 1. The van der Waals surface area contributed by atoms with Crippen molar-refractivity contribution >= 4 is 17.7 Å². The molecular weight excluding hydrogens is 310 g/mol. The van der Waals surface area contributed by atoms with Gasteiger partial charge in [-0.3, -0.25) is 4.99 Å². The lowest BCUT2D eigenvalue weighted by molar-refractivity contribution is 0.187. The summed E-state index contributed by atoms with van der Waals surface area (Å²) >= 11 is 1.86. The molecule has 1 atom stereocenters. The van der Waals surface area contributed by atoms with E-state index < -0.39 is 0 Å². The van der Waals surface area contributed by atoms with Gasteiger partial charge in [-0.1, -0.05) is 6.08 Å². The van der Waals surface area contributed by atoms with Crippen LogP contribution in [0.5, 0.6) is 0 Å². The van der Waals surface area contributed by atoms with Crippen LogP contribution in [0.3, 0.4) is 0 Å². The van der Waals surface area contributed by atoms with Crippen LogP contribution in [-0.2, 0) is 11.2 Å². The van der Waals surface area contributed by atoms with E-state index in [2.05, 4.69) is 17.2 Å². The number of guanidine groups is 1. The zero-order valence-corrected chi connectivity index (χ0v) is 14.4. The summed E-state index contributed by atoms with van der Waals surface area (Å²) in [5, 5.41) is 6.78. The first-order valence-electron chi connectivity index (χ1n) is 8.19. The molecule has 0 radical (unpaired) electrons. The van der Waals surface area contributed by atoms with Gasteiger partial charge in [-0.25, -0.2) is 0 Å². The van der Waals surface area contributed by atoms with E-state index in [4.69, 9.17) is 14.1 Å². The van der Waals surface area contributed by atoms with Crippen LogP contribution in [0.15, 0.2) is 40.5 Å². The van der Waals surface area contributed by atoms with Crippen molar-refractivity contribution in [2.24, 2.45) is 10.9 Å². The molecule has 0 amide bonds. The largest absolute Gasteiger partial charge is 0.469 e. The Kier molecular flexibility index (Phi) is 8.73. The lowest BCUT2D eigenvalue weighted by Gasteiger charge is -2.13. The molecule has 1 saturated heterocycles. The molecule has 6 heteroatoms. The minimum absolute atomic E-state index is 0.550. The Hall–Kier alpha value is -1.40. The van der Waals surface area contributed by atoms with Crippen molar-refractivity contribution in [2.45, 2.75) is 12.8 Å². The summed E-state index contributed by atoms with van der Waals surface area (Å²) in [5.74, 6) is 4.44. The van der Waals surface area contributed by atoms with Crippen LogP contribution in [0.4, 0.5) is 0 Å². The number of ether oxygens (including phenoxy) is 1. The molecule has 0 bridgehead atoms. The number of hydrogen-bond acceptors (Lipinski definition) is 4. The van der Waals surface area contributed by atoms with Crippen molar-refractivity contribution in [3.8, 4) is 0 Å². The highest BCUT2D eigenvalue weighted by Crippen LogP contribution is 2.12. The monoisotopic (exact) mass is 337 g/mol. The number of nitrogens with one attached hydrogen (secondary N) is 2. The zero-order valence-electron chi connectivity index (χ0n) is 13.6. The van der Waals surface area contributed by atoms with Gasteiger partial charge in [0.15, 0.2) is 5.96 Å². The minimum Gasteiger partial charge on any atom is -0.469 e. The average molecular weight is 337 g/mol. The van der Waals surface area contributed by atoms with E-state index in [1.165, 1.54) is 0 Å². The quantitative estimate of drug-likeness (QED) is 0.297. The van der Waals surface area contributed by atoms with Gasteiger partial charge < -0.3 is 19.8 Å². The molecule has 1 aromatic heterocycles. The first kappa shape index (κ1) is 17.9. The fourth-order valence-electron chi connectivity index (χ4n) is 2.29. The molecule has 1 fully saturated rings. The second-order valence-corrected chi connectivity index (χ2v) is 6.62. The predicted molar refractivity (Wildman–Crippen MR) is 97.2 cm³/mol. The summed E-state index contributed by atoms with van der Waals surface area (Å²) in [6, 6.07) is 3.91. The third-order valence-corrected chi connectivity index (χ3v) is 4.51. The summed E-state index contributed by atoms with van der Waals surface area (Å²) in [6.45, 7) is 7.95. The van der Waals surface area contributed by atoms with E-state index in [9.17, 15) is 0 Å². The van der Waals surface area contributed by atoms with E-state index >= 15 is 0 Å². The van der Waals surface area contributed by atoms with Crippen molar-refractivity contribution in [3.05, 3.63) is 36.8 Å². The summed E-state index contributed by atoms with van der Waals surface area (Å²) in [7, 11) is 0. The fourth-order valence-corrected chi connectivity index (χ4v) is 2.87. The van der Waals surface area contributed by atoms with Gasteiger partial charge in [-0.2, -0.15) is 11.8 Å². The van der Waals surface area contributed by atoms with E-state index in [1.807, 2.05) is 30.0 Å². The van der Waals surface area contributed by atoms with Crippen LogP contribution < -0.4 is 10.6 Å². The first-order chi connectivity index (χ1) is 11.4. The summed E-state index contributed by atoms with van der Waals surface area (Å²) in [6.07, 6.45) is 5.60. The van der Waals surface area contributed by atoms with Gasteiger partial charge in [-0.05, 0) is 18.6 Å². The molecule has 5 nitrogen and oxygen atoms in total. The van der Waals surface area contributed by atoms with Crippen molar-refractivity contribution in [1.29, 1.82) is 0 Å². The van der Waals surface area contributed by atoms with Gasteiger partial charge in [0.05, 0.1) is 12.9 Å². The lowest BCUT2D eigenvalue weighted by atomic mass is 10.1. The summed E-state index contributed by atoms with van der Waals surface area (Å²) in [4.78, 5) is 4.70. The highest BCUT2D eigenvalue weighted by Gasteiger charge is 2.15. The molecular formula is C17H27N3O2S. The molecule has 1 aliphatic heterocycles. The van der Waals surface area contributed by atoms with Crippen LogP contribution in [0.1, 0.15) is 12.2 Å². The van der Waals surface area contributed by atoms with Crippen LogP contribution >= 0.6 is 11.8 Å². The number of aliphatic imine (C=N–C) groups is 1. The van der Waals surface area contributed by atoms with E-state index in [0.29, 0.717) is 5.92 Å². The molecule has 23 heavy (non-hydrogen) atoms. The second-order valence-electron chi connectivity index (χ2n) is 5.47. The third kappa shape index (κ3) is 7.61. The molecule has 0 aromatic carbocycles. The molecule has 2 N–H and O–H groups in total. The Morgan fingerprint density at radius 3 is 3.09 bits per heavy atom. The average Bonchev–Trinajstić information content (AvgIpc) is 3.25. The first-order valence-corrected chi connectivity index (χ1v) is 9.35. The number of hydrogen-bond donors (Lipinski definition) is 2. The van der Waals surface area contributed by atoms with Crippen LogP contribution in [0.2, 0.25) is 0 Å². The van der Waals surface area contributed by atoms with Crippen LogP contribution in [-0.4, -0.2) is 50.3 Å². The maximum atomic E-state index is 5.41. The van der Waals surface area contributed by atoms with Crippen LogP contribution in [0.25, 0.3) is 0 Å². The topological polar surface area (TPSA) is 58.8 Å². The standard InChI is InChI=1S/C17H27N3O2S/c1-2-11-23-12-8-19-17(20-13-15-6-10-21-14-15)18-7-5-16-4-3-9-22-16/h2-4,9,15H,1,5-8,10-14H2,(H2,18,19,20). The Balaban J connectivity index is 1.72. The van der Waals surface area contributed by atoms with Crippen molar-refractivity contribution in [2.75, 3.05) is 44.4 Å². The van der Waals surface area contributed by atoms with Crippen molar-refractivity contribution in [3.63, 3.8) is 0 Å². The van der Waals surface area contributed by atoms with Crippen molar-refractivity contribution in [1.82, 2.24) is 10.6 Å². The number of rotatable bonds is 10. The molecule has 2 rings (SSSR count). The van der Waals surface area contributed by atoms with Gasteiger partial charge in [-0.15, -0.1) is 6.58 Å². The Morgan fingerprint density at radius 2 is 2.35 bits per heavy atom. The molecule has 0 aliphatic carbocycles. The minimum atomic E-state index is 0.550. The SMILES string of the molecule is C=CCSCCNC(=NCC1CCOC1)NCCc1ccco1. The molecule has 0 saturated carbocycles. The molecule has 2 heterocycles. The third-order valence-electron chi connectivity index (χ3n) is 3.55. The normalized spacial score (nSPS) is 18.1. The van der Waals surface area contributed by atoms with Gasteiger partial charge in [0.1, 0.15) is 5.76 Å². The zero-order chi connectivity index (χ0) is 16.2. The Bertz CT molecular complexity index is 456. The highest BCUT2D eigenvalue weighted by molar-refractivity contribution is 7.99. The molecule has 0 spiro atoms. The number of nitrogens with zero attached hydrogens (tertiary/aromatic N) is 1. The highest BCUT2D eigenvalue weighted by atomic mass is 32.2. The van der Waals surface area contributed by atoms with Gasteiger partial charge in [0, 0.05) is 50.1 Å². The second kappa shape index (κ2) is 11.2. The van der Waals surface area contributed by atoms with Crippen LogP contribution in [0, 0.1) is 5.92 Å². The Morgan fingerprint density at radius 1 is 1.43 bits per heavy atom. The molecule has 1 unspecified atom stereocenters. The van der Waals surface area contributed by atoms with Gasteiger partial charge >= 0.3 is 0 Å². The summed E-state index contributed by atoms with van der Waals surface area (Å²) in [5.41, 5.74) is 0. The smallest absolute Gasteiger partial charge is 0.191 e. The van der Waals surface area contributed by atoms with Crippen molar-refractivity contribution < 1.29 is 9.15 Å². The van der Waals surface area contributed by atoms with Gasteiger partial charge in [0.25, 0.3) is 0 Å². The maximum Gasteiger partial charge on any atom is 0.191 e. The van der Waals surface area contributed by atoms with E-state index in [0.717, 1.165) is 68.9 Å². The molecule has 1 aromatic rings. The molecule has 128 valence electrons. The van der Waals surface area contributed by atoms with Gasteiger partial charge in [0.2, 0.25) is 0 Å². The lowest BCUT2D eigenvalue weighted by Crippen LogP contribution is -2.40. The van der Waals surface area contributed by atoms with E-state index in [1.54, 1.807) is 6.26 Å². The van der Waals surface area contributed by atoms with E-state index in [-0.39, 0.29) is 0 Å².